The molecule has 2 N–H and O–H groups in total. The fourth-order valence-electron chi connectivity index (χ4n) is 4.20. The molecule has 0 radical (unpaired) electrons. The molecule has 3 rings (SSSR count). The van der Waals surface area contributed by atoms with Gasteiger partial charge < -0.3 is 10.4 Å². The first-order valence-corrected chi connectivity index (χ1v) is 8.21. The summed E-state index contributed by atoms with van der Waals surface area (Å²) < 4.78 is 0. The Labute approximate surface area is 123 Å². The maximum Gasteiger partial charge on any atom is 0.308 e. The van der Waals surface area contributed by atoms with Gasteiger partial charge >= 0.3 is 5.97 Å². The molecule has 5 atom stereocenters. The van der Waals surface area contributed by atoms with E-state index in [1.165, 1.54) is 11.3 Å². The zero-order chi connectivity index (χ0) is 14.4. The quantitative estimate of drug-likeness (QED) is 0.896. The van der Waals surface area contributed by atoms with E-state index in [1.807, 2.05) is 13.8 Å². The van der Waals surface area contributed by atoms with Gasteiger partial charge in [0.2, 0.25) is 0 Å². The van der Waals surface area contributed by atoms with Gasteiger partial charge in [0.1, 0.15) is 0 Å². The van der Waals surface area contributed by atoms with Crippen LogP contribution < -0.4 is 5.32 Å². The van der Waals surface area contributed by atoms with Gasteiger partial charge in [-0.3, -0.25) is 4.79 Å². The lowest BCUT2D eigenvalue weighted by Gasteiger charge is -2.31. The van der Waals surface area contributed by atoms with Gasteiger partial charge in [-0.25, -0.2) is 4.98 Å². The minimum Gasteiger partial charge on any atom is -0.481 e. The highest BCUT2D eigenvalue weighted by atomic mass is 32.1. The molecule has 1 aromatic heterocycles. The van der Waals surface area contributed by atoms with Gasteiger partial charge in [-0.1, -0.05) is 0 Å². The van der Waals surface area contributed by atoms with Crippen molar-refractivity contribution in [2.45, 2.75) is 52.1 Å². The molecule has 5 unspecified atom stereocenters. The first-order chi connectivity index (χ1) is 9.47. The summed E-state index contributed by atoms with van der Waals surface area (Å²) in [7, 11) is 0. The first-order valence-electron chi connectivity index (χ1n) is 7.40. The number of carboxylic acid groups (broad SMARTS) is 1. The van der Waals surface area contributed by atoms with Crippen LogP contribution in [0.2, 0.25) is 0 Å². The summed E-state index contributed by atoms with van der Waals surface area (Å²) in [6, 6.07) is 0.315. The number of nitrogens with zero attached hydrogens (tertiary/aromatic N) is 1. The number of aromatic nitrogens is 1. The van der Waals surface area contributed by atoms with Crippen LogP contribution in [0.5, 0.6) is 0 Å². The average molecular weight is 294 g/mol. The van der Waals surface area contributed by atoms with E-state index >= 15 is 0 Å². The molecule has 1 aromatic rings. The van der Waals surface area contributed by atoms with Crippen molar-refractivity contribution in [2.75, 3.05) is 0 Å². The zero-order valence-electron chi connectivity index (χ0n) is 12.2. The molecule has 20 heavy (non-hydrogen) atoms. The van der Waals surface area contributed by atoms with E-state index in [1.54, 1.807) is 11.3 Å². The number of hydrogen-bond donors (Lipinski definition) is 2. The zero-order valence-corrected chi connectivity index (χ0v) is 13.0. The number of hydrogen-bond acceptors (Lipinski definition) is 4. The number of fused-ring (bicyclic) bond motifs is 2. The topological polar surface area (TPSA) is 62.2 Å². The van der Waals surface area contributed by atoms with E-state index in [-0.39, 0.29) is 18.0 Å². The molecule has 5 heteroatoms. The van der Waals surface area contributed by atoms with Gasteiger partial charge in [0.05, 0.1) is 16.6 Å². The highest BCUT2D eigenvalue weighted by Gasteiger charge is 2.51. The Kier molecular flexibility index (Phi) is 3.58. The molecule has 0 amide bonds. The van der Waals surface area contributed by atoms with Gasteiger partial charge in [0, 0.05) is 17.0 Å². The number of aryl methyl sites for hydroxylation is 2. The summed E-state index contributed by atoms with van der Waals surface area (Å²) in [5.74, 6) is 0.0917. The van der Waals surface area contributed by atoms with Crippen LogP contribution in [-0.4, -0.2) is 22.1 Å². The van der Waals surface area contributed by atoms with Gasteiger partial charge in [-0.05, 0) is 51.9 Å². The Balaban J connectivity index is 1.76. The number of aliphatic carboxylic acids is 1. The molecule has 2 aliphatic carbocycles. The number of thiazole rings is 1. The third-order valence-corrected chi connectivity index (χ3v) is 6.23. The molecule has 2 saturated carbocycles. The molecule has 2 fully saturated rings. The second-order valence-electron chi connectivity index (χ2n) is 6.29. The third kappa shape index (κ3) is 2.27. The van der Waals surface area contributed by atoms with Crippen LogP contribution in [0.25, 0.3) is 0 Å². The maximum absolute atomic E-state index is 11.5. The van der Waals surface area contributed by atoms with Crippen molar-refractivity contribution in [2.24, 2.45) is 17.8 Å². The van der Waals surface area contributed by atoms with Crippen molar-refractivity contribution in [3.05, 3.63) is 15.6 Å². The molecule has 0 spiro atoms. The molecule has 2 bridgehead atoms. The fourth-order valence-corrected chi connectivity index (χ4v) is 5.14. The Bertz CT molecular complexity index is 528. The highest BCUT2D eigenvalue weighted by molar-refractivity contribution is 7.11. The van der Waals surface area contributed by atoms with Gasteiger partial charge in [0.15, 0.2) is 0 Å². The van der Waals surface area contributed by atoms with Crippen molar-refractivity contribution in [1.29, 1.82) is 0 Å². The van der Waals surface area contributed by atoms with Crippen LogP contribution in [0.1, 0.15) is 47.8 Å². The summed E-state index contributed by atoms with van der Waals surface area (Å²) in [4.78, 5) is 17.3. The van der Waals surface area contributed by atoms with Crippen LogP contribution in [-0.2, 0) is 4.79 Å². The smallest absolute Gasteiger partial charge is 0.308 e. The second kappa shape index (κ2) is 5.11. The number of carboxylic acids is 1. The minimum absolute atomic E-state index is 0.128. The van der Waals surface area contributed by atoms with E-state index in [2.05, 4.69) is 17.2 Å². The molecular weight excluding hydrogens is 272 g/mol. The van der Waals surface area contributed by atoms with Crippen molar-refractivity contribution in [1.82, 2.24) is 10.3 Å². The SMILES string of the molecule is Cc1nc(C)c(C(C)NC2C3CCC(C3)C2C(=O)O)s1. The lowest BCUT2D eigenvalue weighted by molar-refractivity contribution is -0.144. The summed E-state index contributed by atoms with van der Waals surface area (Å²) >= 11 is 1.71. The van der Waals surface area contributed by atoms with E-state index in [9.17, 15) is 9.90 Å². The molecule has 4 nitrogen and oxygen atoms in total. The number of carbonyl (C=O) groups is 1. The van der Waals surface area contributed by atoms with Gasteiger partial charge in [0.25, 0.3) is 0 Å². The van der Waals surface area contributed by atoms with Crippen LogP contribution in [0.15, 0.2) is 0 Å². The standard InChI is InChI=1S/C15H22N2O2S/c1-7-14(20-9(3)16-7)8(2)17-13-11-5-4-10(6-11)12(13)15(18)19/h8,10-13,17H,4-6H2,1-3H3,(H,18,19). The number of rotatable bonds is 4. The molecule has 110 valence electrons. The lowest BCUT2D eigenvalue weighted by Crippen LogP contribution is -2.45. The molecular formula is C15H22N2O2S. The monoisotopic (exact) mass is 294 g/mol. The van der Waals surface area contributed by atoms with Crippen molar-refractivity contribution >= 4 is 17.3 Å². The summed E-state index contributed by atoms with van der Waals surface area (Å²) in [5.41, 5.74) is 1.07. The van der Waals surface area contributed by atoms with Crippen LogP contribution in [0, 0.1) is 31.6 Å². The predicted octanol–water partition coefficient (Wildman–Crippen LogP) is 2.91. The van der Waals surface area contributed by atoms with E-state index in [0.29, 0.717) is 11.8 Å². The highest BCUT2D eigenvalue weighted by Crippen LogP contribution is 2.49. The normalized spacial score (nSPS) is 33.5. The molecule has 0 saturated heterocycles. The maximum atomic E-state index is 11.5. The Morgan fingerprint density at radius 2 is 2.10 bits per heavy atom. The molecule has 0 aromatic carbocycles. The Hall–Kier alpha value is -0.940. The minimum atomic E-state index is -0.626. The van der Waals surface area contributed by atoms with E-state index < -0.39 is 5.97 Å². The van der Waals surface area contributed by atoms with Crippen LogP contribution >= 0.6 is 11.3 Å². The molecule has 0 aliphatic heterocycles. The fraction of sp³-hybridized carbons (Fsp3) is 0.733. The van der Waals surface area contributed by atoms with Crippen LogP contribution in [0.3, 0.4) is 0 Å². The summed E-state index contributed by atoms with van der Waals surface area (Å²) in [6.07, 6.45) is 3.36. The summed E-state index contributed by atoms with van der Waals surface area (Å²) in [5, 5.41) is 14.2. The second-order valence-corrected chi connectivity index (χ2v) is 7.53. The third-order valence-electron chi connectivity index (χ3n) is 4.98. The molecule has 2 aliphatic rings. The van der Waals surface area contributed by atoms with E-state index in [0.717, 1.165) is 23.5 Å². The van der Waals surface area contributed by atoms with Crippen molar-refractivity contribution < 1.29 is 9.90 Å². The summed E-state index contributed by atoms with van der Waals surface area (Å²) in [6.45, 7) is 6.18. The van der Waals surface area contributed by atoms with Crippen molar-refractivity contribution in [3.8, 4) is 0 Å². The predicted molar refractivity (Wildman–Crippen MR) is 78.9 cm³/mol. The Morgan fingerprint density at radius 3 is 2.70 bits per heavy atom. The first kappa shape index (κ1) is 14.0. The van der Waals surface area contributed by atoms with Gasteiger partial charge in [-0.15, -0.1) is 11.3 Å². The molecule has 1 heterocycles. The lowest BCUT2D eigenvalue weighted by atomic mass is 9.84. The van der Waals surface area contributed by atoms with Crippen molar-refractivity contribution in [3.63, 3.8) is 0 Å². The van der Waals surface area contributed by atoms with E-state index in [4.69, 9.17) is 0 Å². The van der Waals surface area contributed by atoms with Crippen LogP contribution in [0.4, 0.5) is 0 Å². The number of nitrogens with one attached hydrogen (secondary N) is 1. The Morgan fingerprint density at radius 1 is 1.40 bits per heavy atom. The largest absolute Gasteiger partial charge is 0.481 e. The average Bonchev–Trinajstić information content (AvgIpc) is 3.03. The van der Waals surface area contributed by atoms with Gasteiger partial charge in [-0.2, -0.15) is 0 Å².